The number of aromatic amines is 1. The molecular weight excluding hydrogens is 404 g/mol. The molecule has 0 bridgehead atoms. The number of H-pyrrole nitrogens is 1. The van der Waals surface area contributed by atoms with Crippen LogP contribution in [-0.2, 0) is 6.61 Å². The number of ether oxygens (including phenoxy) is 1. The van der Waals surface area contributed by atoms with Crippen molar-refractivity contribution in [3.8, 4) is 11.8 Å². The van der Waals surface area contributed by atoms with E-state index in [1.165, 1.54) is 0 Å². The monoisotopic (exact) mass is 426 g/mol. The lowest BCUT2D eigenvalue weighted by molar-refractivity contribution is 0.0675. The zero-order chi connectivity index (χ0) is 21.9. The number of nitriles is 1. The SMILES string of the molecule is N#Cc1ccccc1OCc1ccc(C(=O)N2CCC(c3nc4ccccc4[nH]3)CC2)o1. The third-order valence-corrected chi connectivity index (χ3v) is 5.83. The molecule has 0 spiro atoms. The Hall–Kier alpha value is -4.05. The standard InChI is InChI=1S/C25H22N4O3/c26-15-18-5-1-4-8-22(18)31-16-19-9-10-23(32-19)25(30)29-13-11-17(12-14-29)24-27-20-6-2-3-7-21(20)28-24/h1-10,17H,11-14,16H2,(H,27,28). The van der Waals surface area contributed by atoms with E-state index < -0.39 is 0 Å². The van der Waals surface area contributed by atoms with Crippen molar-refractivity contribution in [2.75, 3.05) is 13.1 Å². The molecule has 1 N–H and O–H groups in total. The highest BCUT2D eigenvalue weighted by Gasteiger charge is 2.27. The summed E-state index contributed by atoms with van der Waals surface area (Å²) in [6.45, 7) is 1.46. The molecule has 0 unspecified atom stereocenters. The summed E-state index contributed by atoms with van der Waals surface area (Å²) in [6.07, 6.45) is 1.71. The van der Waals surface area contributed by atoms with Crippen molar-refractivity contribution in [3.05, 3.63) is 83.6 Å². The van der Waals surface area contributed by atoms with Crippen LogP contribution in [0.1, 0.15) is 46.5 Å². The maximum absolute atomic E-state index is 12.9. The fourth-order valence-corrected chi connectivity index (χ4v) is 4.08. The van der Waals surface area contributed by atoms with Crippen LogP contribution in [0.3, 0.4) is 0 Å². The van der Waals surface area contributed by atoms with Gasteiger partial charge in [-0.1, -0.05) is 24.3 Å². The zero-order valence-corrected chi connectivity index (χ0v) is 17.5. The van der Waals surface area contributed by atoms with E-state index in [0.717, 1.165) is 29.7 Å². The predicted molar refractivity (Wildman–Crippen MR) is 118 cm³/mol. The van der Waals surface area contributed by atoms with Crippen LogP contribution < -0.4 is 4.74 Å². The normalized spacial score (nSPS) is 14.4. The molecule has 1 saturated heterocycles. The third-order valence-electron chi connectivity index (χ3n) is 5.83. The Bertz CT molecular complexity index is 1260. The summed E-state index contributed by atoms with van der Waals surface area (Å²) in [6, 6.07) is 20.6. The quantitative estimate of drug-likeness (QED) is 0.502. The highest BCUT2D eigenvalue weighted by molar-refractivity contribution is 5.91. The van der Waals surface area contributed by atoms with Gasteiger partial charge in [0.2, 0.25) is 0 Å². The number of furan rings is 1. The van der Waals surface area contributed by atoms with E-state index >= 15 is 0 Å². The summed E-state index contributed by atoms with van der Waals surface area (Å²) in [7, 11) is 0. The van der Waals surface area contributed by atoms with Crippen LogP contribution in [0, 0.1) is 11.3 Å². The number of benzene rings is 2. The average molecular weight is 426 g/mol. The summed E-state index contributed by atoms with van der Waals surface area (Å²) < 4.78 is 11.4. The zero-order valence-electron chi connectivity index (χ0n) is 17.5. The molecule has 32 heavy (non-hydrogen) atoms. The van der Waals surface area contributed by atoms with Crippen molar-refractivity contribution in [2.24, 2.45) is 0 Å². The fourth-order valence-electron chi connectivity index (χ4n) is 4.08. The van der Waals surface area contributed by atoms with E-state index in [-0.39, 0.29) is 12.5 Å². The number of imidazole rings is 1. The van der Waals surface area contributed by atoms with Crippen molar-refractivity contribution in [1.82, 2.24) is 14.9 Å². The minimum absolute atomic E-state index is 0.114. The maximum atomic E-state index is 12.9. The van der Waals surface area contributed by atoms with Gasteiger partial charge in [0.05, 0.1) is 16.6 Å². The van der Waals surface area contributed by atoms with Gasteiger partial charge in [0, 0.05) is 19.0 Å². The van der Waals surface area contributed by atoms with Crippen molar-refractivity contribution >= 4 is 16.9 Å². The van der Waals surface area contributed by atoms with E-state index in [1.54, 1.807) is 30.3 Å². The summed E-state index contributed by atoms with van der Waals surface area (Å²) >= 11 is 0. The van der Waals surface area contributed by atoms with Gasteiger partial charge in [-0.2, -0.15) is 5.26 Å². The summed E-state index contributed by atoms with van der Waals surface area (Å²) in [5, 5.41) is 9.16. The minimum Gasteiger partial charge on any atom is -0.484 e. The lowest BCUT2D eigenvalue weighted by Gasteiger charge is -2.30. The van der Waals surface area contributed by atoms with E-state index in [1.807, 2.05) is 35.2 Å². The van der Waals surface area contributed by atoms with Crippen LogP contribution in [0.25, 0.3) is 11.0 Å². The number of carbonyl (C=O) groups excluding carboxylic acids is 1. The van der Waals surface area contributed by atoms with Crippen molar-refractivity contribution < 1.29 is 13.9 Å². The van der Waals surface area contributed by atoms with Gasteiger partial charge < -0.3 is 19.0 Å². The molecule has 160 valence electrons. The molecule has 2 aromatic carbocycles. The van der Waals surface area contributed by atoms with Crippen LogP contribution in [0.15, 0.2) is 65.1 Å². The number of aromatic nitrogens is 2. The van der Waals surface area contributed by atoms with Crippen molar-refractivity contribution in [1.29, 1.82) is 5.26 Å². The molecule has 0 radical (unpaired) electrons. The number of hydrogen-bond donors (Lipinski definition) is 1. The van der Waals surface area contributed by atoms with Gasteiger partial charge in [0.1, 0.15) is 30.0 Å². The first-order valence-corrected chi connectivity index (χ1v) is 10.7. The second-order valence-corrected chi connectivity index (χ2v) is 7.87. The molecule has 1 aliphatic rings. The van der Waals surface area contributed by atoms with Gasteiger partial charge >= 0.3 is 0 Å². The molecule has 7 heteroatoms. The lowest BCUT2D eigenvalue weighted by atomic mass is 9.96. The van der Waals surface area contributed by atoms with Gasteiger partial charge in [-0.15, -0.1) is 0 Å². The molecule has 5 rings (SSSR count). The Morgan fingerprint density at radius 1 is 1.12 bits per heavy atom. The van der Waals surface area contributed by atoms with E-state index in [0.29, 0.717) is 41.8 Å². The van der Waals surface area contributed by atoms with Gasteiger partial charge in [-0.05, 0) is 49.2 Å². The molecule has 0 saturated carbocycles. The second kappa shape index (κ2) is 8.60. The van der Waals surface area contributed by atoms with Crippen LogP contribution in [0.4, 0.5) is 0 Å². The van der Waals surface area contributed by atoms with Crippen LogP contribution in [0.2, 0.25) is 0 Å². The minimum atomic E-state index is -0.114. The topological polar surface area (TPSA) is 95.1 Å². The molecule has 1 aliphatic heterocycles. The van der Waals surface area contributed by atoms with Gasteiger partial charge in [0.25, 0.3) is 5.91 Å². The number of hydrogen-bond acceptors (Lipinski definition) is 5. The molecule has 0 atom stereocenters. The highest BCUT2D eigenvalue weighted by atomic mass is 16.5. The lowest BCUT2D eigenvalue weighted by Crippen LogP contribution is -2.37. The highest BCUT2D eigenvalue weighted by Crippen LogP contribution is 2.28. The summed E-state index contributed by atoms with van der Waals surface area (Å²) in [5.41, 5.74) is 2.48. The number of para-hydroxylation sites is 3. The Balaban J connectivity index is 1.18. The van der Waals surface area contributed by atoms with Gasteiger partial charge in [0.15, 0.2) is 5.76 Å². The molecular formula is C25H22N4O3. The predicted octanol–water partition coefficient (Wildman–Crippen LogP) is 4.63. The first kappa shape index (κ1) is 19.9. The fraction of sp³-hybridized carbons (Fsp3) is 0.240. The molecule has 1 fully saturated rings. The largest absolute Gasteiger partial charge is 0.484 e. The number of nitrogens with zero attached hydrogens (tertiary/aromatic N) is 3. The van der Waals surface area contributed by atoms with Crippen molar-refractivity contribution in [3.63, 3.8) is 0 Å². The van der Waals surface area contributed by atoms with Crippen LogP contribution in [-0.4, -0.2) is 33.9 Å². The molecule has 1 amide bonds. The number of fused-ring (bicyclic) bond motifs is 1. The molecule has 2 aromatic heterocycles. The first-order valence-electron chi connectivity index (χ1n) is 10.7. The number of piperidine rings is 1. The Kier molecular flexibility index (Phi) is 5.34. The second-order valence-electron chi connectivity index (χ2n) is 7.87. The Morgan fingerprint density at radius 2 is 1.91 bits per heavy atom. The van der Waals surface area contributed by atoms with Gasteiger partial charge in [-0.25, -0.2) is 4.98 Å². The smallest absolute Gasteiger partial charge is 0.289 e. The van der Waals surface area contributed by atoms with Crippen LogP contribution >= 0.6 is 0 Å². The van der Waals surface area contributed by atoms with Crippen molar-refractivity contribution in [2.45, 2.75) is 25.4 Å². The third kappa shape index (κ3) is 3.95. The number of rotatable bonds is 5. The number of carbonyl (C=O) groups is 1. The first-order chi connectivity index (χ1) is 15.7. The maximum Gasteiger partial charge on any atom is 0.289 e. The molecule has 7 nitrogen and oxygen atoms in total. The number of amides is 1. The Morgan fingerprint density at radius 3 is 2.72 bits per heavy atom. The Labute approximate surface area is 185 Å². The summed E-state index contributed by atoms with van der Waals surface area (Å²) in [4.78, 5) is 22.9. The van der Waals surface area contributed by atoms with E-state index in [4.69, 9.17) is 19.4 Å². The summed E-state index contributed by atoms with van der Waals surface area (Å²) in [5.74, 6) is 2.53. The van der Waals surface area contributed by atoms with Crippen LogP contribution in [0.5, 0.6) is 5.75 Å². The molecule has 3 heterocycles. The molecule has 4 aromatic rings. The van der Waals surface area contributed by atoms with E-state index in [2.05, 4.69) is 11.1 Å². The van der Waals surface area contributed by atoms with E-state index in [9.17, 15) is 4.79 Å². The number of likely N-dealkylation sites (tertiary alicyclic amines) is 1. The van der Waals surface area contributed by atoms with Gasteiger partial charge in [-0.3, -0.25) is 4.79 Å². The molecule has 0 aliphatic carbocycles. The number of nitrogens with one attached hydrogen (secondary N) is 1. The average Bonchev–Trinajstić information content (AvgIpc) is 3.50.